The van der Waals surface area contributed by atoms with Crippen LogP contribution in [0.3, 0.4) is 0 Å². The fourth-order valence-corrected chi connectivity index (χ4v) is 2.33. The summed E-state index contributed by atoms with van der Waals surface area (Å²) in [6.07, 6.45) is 3.73. The largest absolute Gasteiger partial charge is 0.312 e. The standard InChI is InChI=1S/C14H32N2/c1-8-11-15-13(12(9-2)10-3)14(4,5)16(6)7/h12-13,15H,8-11H2,1-7H3. The van der Waals surface area contributed by atoms with Crippen LogP contribution in [-0.2, 0) is 0 Å². The van der Waals surface area contributed by atoms with Crippen LogP contribution in [0.2, 0.25) is 0 Å². The van der Waals surface area contributed by atoms with E-state index in [2.05, 4.69) is 58.9 Å². The van der Waals surface area contributed by atoms with E-state index in [1.807, 2.05) is 0 Å². The van der Waals surface area contributed by atoms with Gasteiger partial charge in [0.15, 0.2) is 0 Å². The number of hydrogen-bond acceptors (Lipinski definition) is 2. The molecular formula is C14H32N2. The molecule has 0 radical (unpaired) electrons. The van der Waals surface area contributed by atoms with Crippen LogP contribution in [0.25, 0.3) is 0 Å². The quantitative estimate of drug-likeness (QED) is 0.686. The Hall–Kier alpha value is -0.0800. The van der Waals surface area contributed by atoms with Crippen LogP contribution in [0.5, 0.6) is 0 Å². The highest BCUT2D eigenvalue weighted by Gasteiger charge is 2.35. The molecule has 0 fully saturated rings. The summed E-state index contributed by atoms with van der Waals surface area (Å²) in [6.45, 7) is 12.7. The zero-order chi connectivity index (χ0) is 12.8. The van der Waals surface area contributed by atoms with E-state index in [9.17, 15) is 0 Å². The molecule has 2 nitrogen and oxygen atoms in total. The maximum Gasteiger partial charge on any atom is 0.0302 e. The lowest BCUT2D eigenvalue weighted by molar-refractivity contribution is 0.0982. The first kappa shape index (κ1) is 15.9. The van der Waals surface area contributed by atoms with Crippen LogP contribution >= 0.6 is 0 Å². The maximum absolute atomic E-state index is 3.75. The van der Waals surface area contributed by atoms with Gasteiger partial charge < -0.3 is 10.2 Å². The molecule has 0 rings (SSSR count). The minimum atomic E-state index is 0.214. The molecule has 0 aromatic rings. The second kappa shape index (κ2) is 7.29. The molecule has 0 saturated carbocycles. The van der Waals surface area contributed by atoms with Crippen molar-refractivity contribution in [2.24, 2.45) is 5.92 Å². The Morgan fingerprint density at radius 2 is 1.56 bits per heavy atom. The lowest BCUT2D eigenvalue weighted by atomic mass is 9.80. The van der Waals surface area contributed by atoms with E-state index in [-0.39, 0.29) is 5.54 Å². The Morgan fingerprint density at radius 1 is 1.06 bits per heavy atom. The average molecular weight is 228 g/mol. The number of rotatable bonds is 8. The Morgan fingerprint density at radius 3 is 1.88 bits per heavy atom. The third-order valence-electron chi connectivity index (χ3n) is 4.05. The number of nitrogens with one attached hydrogen (secondary N) is 1. The van der Waals surface area contributed by atoms with E-state index in [0.29, 0.717) is 6.04 Å². The van der Waals surface area contributed by atoms with Crippen molar-refractivity contribution in [3.8, 4) is 0 Å². The fourth-order valence-electron chi connectivity index (χ4n) is 2.33. The van der Waals surface area contributed by atoms with Crippen molar-refractivity contribution < 1.29 is 0 Å². The molecule has 0 aromatic heterocycles. The molecule has 0 aromatic carbocycles. The molecule has 1 unspecified atom stereocenters. The predicted octanol–water partition coefficient (Wildman–Crippen LogP) is 3.13. The smallest absolute Gasteiger partial charge is 0.0302 e. The summed E-state index contributed by atoms with van der Waals surface area (Å²) in [5.41, 5.74) is 0.214. The molecule has 0 amide bonds. The molecule has 0 aliphatic carbocycles. The van der Waals surface area contributed by atoms with Gasteiger partial charge in [0.05, 0.1) is 0 Å². The van der Waals surface area contributed by atoms with Crippen molar-refractivity contribution >= 4 is 0 Å². The summed E-state index contributed by atoms with van der Waals surface area (Å²) in [4.78, 5) is 2.35. The van der Waals surface area contributed by atoms with Gasteiger partial charge in [-0.05, 0) is 46.8 Å². The highest BCUT2D eigenvalue weighted by atomic mass is 15.2. The summed E-state index contributed by atoms with van der Waals surface area (Å²) in [7, 11) is 4.37. The summed E-state index contributed by atoms with van der Waals surface area (Å²) in [5, 5.41) is 3.75. The zero-order valence-electron chi connectivity index (χ0n) is 12.4. The minimum absolute atomic E-state index is 0.214. The molecule has 0 heterocycles. The van der Waals surface area contributed by atoms with Crippen molar-refractivity contribution in [1.82, 2.24) is 10.2 Å². The van der Waals surface area contributed by atoms with Gasteiger partial charge in [-0.15, -0.1) is 0 Å². The van der Waals surface area contributed by atoms with E-state index in [1.54, 1.807) is 0 Å². The van der Waals surface area contributed by atoms with Crippen LogP contribution in [0.4, 0.5) is 0 Å². The van der Waals surface area contributed by atoms with Crippen molar-refractivity contribution in [2.45, 2.75) is 65.5 Å². The normalized spacial score (nSPS) is 14.8. The Balaban J connectivity index is 4.76. The molecule has 1 atom stereocenters. The van der Waals surface area contributed by atoms with Crippen LogP contribution in [0.1, 0.15) is 53.9 Å². The molecule has 16 heavy (non-hydrogen) atoms. The minimum Gasteiger partial charge on any atom is -0.312 e. The average Bonchev–Trinajstić information content (AvgIpc) is 2.23. The van der Waals surface area contributed by atoms with E-state index in [1.165, 1.54) is 19.3 Å². The molecular weight excluding hydrogens is 196 g/mol. The van der Waals surface area contributed by atoms with Crippen LogP contribution in [0, 0.1) is 5.92 Å². The summed E-state index contributed by atoms with van der Waals surface area (Å²) in [5.74, 6) is 0.768. The number of likely N-dealkylation sites (N-methyl/N-ethyl adjacent to an activating group) is 1. The second-order valence-electron chi connectivity index (χ2n) is 5.56. The first-order chi connectivity index (χ1) is 7.41. The van der Waals surface area contributed by atoms with Crippen molar-refractivity contribution in [2.75, 3.05) is 20.6 Å². The van der Waals surface area contributed by atoms with Crippen molar-refractivity contribution in [3.05, 3.63) is 0 Å². The molecule has 2 heteroatoms. The highest BCUT2D eigenvalue weighted by Crippen LogP contribution is 2.26. The van der Waals surface area contributed by atoms with Gasteiger partial charge >= 0.3 is 0 Å². The first-order valence-corrected chi connectivity index (χ1v) is 6.82. The van der Waals surface area contributed by atoms with E-state index in [4.69, 9.17) is 0 Å². The Bertz CT molecular complexity index is 172. The fraction of sp³-hybridized carbons (Fsp3) is 1.00. The molecule has 0 bridgehead atoms. The third-order valence-corrected chi connectivity index (χ3v) is 4.05. The highest BCUT2D eigenvalue weighted by molar-refractivity contribution is 4.94. The molecule has 0 spiro atoms. The van der Waals surface area contributed by atoms with E-state index in [0.717, 1.165) is 12.5 Å². The Labute approximate surface area is 103 Å². The van der Waals surface area contributed by atoms with Gasteiger partial charge in [-0.2, -0.15) is 0 Å². The molecule has 0 aliphatic rings. The molecule has 0 saturated heterocycles. The predicted molar refractivity (Wildman–Crippen MR) is 73.9 cm³/mol. The third kappa shape index (κ3) is 4.06. The molecule has 0 aliphatic heterocycles. The lowest BCUT2D eigenvalue weighted by Crippen LogP contribution is -2.58. The van der Waals surface area contributed by atoms with Gasteiger partial charge in [-0.1, -0.05) is 33.6 Å². The Kier molecular flexibility index (Phi) is 7.25. The summed E-state index contributed by atoms with van der Waals surface area (Å²) >= 11 is 0. The second-order valence-corrected chi connectivity index (χ2v) is 5.56. The summed E-state index contributed by atoms with van der Waals surface area (Å²) in [6, 6.07) is 0.581. The maximum atomic E-state index is 3.75. The molecule has 98 valence electrons. The van der Waals surface area contributed by atoms with Gasteiger partial charge in [0.1, 0.15) is 0 Å². The molecule has 1 N–H and O–H groups in total. The topological polar surface area (TPSA) is 15.3 Å². The zero-order valence-corrected chi connectivity index (χ0v) is 12.4. The SMILES string of the molecule is CCCNC(C(CC)CC)C(C)(C)N(C)C. The van der Waals surface area contributed by atoms with Gasteiger partial charge in [-0.25, -0.2) is 0 Å². The van der Waals surface area contributed by atoms with Gasteiger partial charge in [0.2, 0.25) is 0 Å². The van der Waals surface area contributed by atoms with E-state index < -0.39 is 0 Å². The lowest BCUT2D eigenvalue weighted by Gasteiger charge is -2.44. The number of nitrogens with zero attached hydrogens (tertiary/aromatic N) is 1. The van der Waals surface area contributed by atoms with Crippen molar-refractivity contribution in [1.29, 1.82) is 0 Å². The monoisotopic (exact) mass is 228 g/mol. The van der Waals surface area contributed by atoms with Crippen LogP contribution in [0.15, 0.2) is 0 Å². The number of hydrogen-bond donors (Lipinski definition) is 1. The van der Waals surface area contributed by atoms with Crippen LogP contribution in [-0.4, -0.2) is 37.1 Å². The van der Waals surface area contributed by atoms with Crippen LogP contribution < -0.4 is 5.32 Å². The first-order valence-electron chi connectivity index (χ1n) is 6.82. The summed E-state index contributed by atoms with van der Waals surface area (Å²) < 4.78 is 0. The van der Waals surface area contributed by atoms with Gasteiger partial charge in [0.25, 0.3) is 0 Å². The van der Waals surface area contributed by atoms with Gasteiger partial charge in [0, 0.05) is 11.6 Å². The van der Waals surface area contributed by atoms with Crippen molar-refractivity contribution in [3.63, 3.8) is 0 Å². The van der Waals surface area contributed by atoms with E-state index >= 15 is 0 Å². The van der Waals surface area contributed by atoms with Gasteiger partial charge in [-0.3, -0.25) is 0 Å².